The molecule has 0 saturated carbocycles. The van der Waals surface area contributed by atoms with Crippen LogP contribution in [0.25, 0.3) is 0 Å². The van der Waals surface area contributed by atoms with Crippen molar-refractivity contribution in [2.45, 2.75) is 43.5 Å². The molecule has 0 aliphatic carbocycles. The molecule has 0 aromatic heterocycles. The summed E-state index contributed by atoms with van der Waals surface area (Å²) in [6.45, 7) is 3.19. The highest BCUT2D eigenvalue weighted by atomic mass is 32.2. The van der Waals surface area contributed by atoms with Crippen LogP contribution in [0.4, 0.5) is 5.69 Å². The van der Waals surface area contributed by atoms with Crippen LogP contribution in [-0.4, -0.2) is 57.6 Å². The highest BCUT2D eigenvalue weighted by molar-refractivity contribution is 7.92. The van der Waals surface area contributed by atoms with Crippen LogP contribution >= 0.6 is 0 Å². The predicted octanol–water partition coefficient (Wildman–Crippen LogP) is 3.21. The van der Waals surface area contributed by atoms with Crippen molar-refractivity contribution in [3.05, 3.63) is 48.0 Å². The first kappa shape index (κ1) is 23.9. The van der Waals surface area contributed by atoms with E-state index in [1.807, 2.05) is 6.92 Å². The summed E-state index contributed by atoms with van der Waals surface area (Å²) in [6, 6.07) is 10.4. The molecule has 1 unspecified atom stereocenters. The van der Waals surface area contributed by atoms with E-state index in [-0.39, 0.29) is 34.7 Å². The Hall–Kier alpha value is -3.27. The molecule has 2 aromatic rings. The van der Waals surface area contributed by atoms with Crippen LogP contribution in [0.2, 0.25) is 0 Å². The molecule has 2 aromatic carbocycles. The number of esters is 1. The molecule has 0 spiro atoms. The van der Waals surface area contributed by atoms with Crippen LogP contribution in [0.1, 0.15) is 43.0 Å². The Kier molecular flexibility index (Phi) is 7.26. The van der Waals surface area contributed by atoms with Gasteiger partial charge < -0.3 is 19.1 Å². The maximum Gasteiger partial charge on any atom is 0.338 e. The number of carbonyl (C=O) groups is 2. The second kappa shape index (κ2) is 10.3. The molecule has 1 atom stereocenters. The van der Waals surface area contributed by atoms with Crippen molar-refractivity contribution in [2.24, 2.45) is 0 Å². The maximum absolute atomic E-state index is 12.7. The molecule has 1 amide bonds. The third-order valence-electron chi connectivity index (χ3n) is 5.94. The predicted molar refractivity (Wildman–Crippen MR) is 125 cm³/mol. The van der Waals surface area contributed by atoms with Crippen LogP contribution in [0.3, 0.4) is 0 Å². The second-order valence-electron chi connectivity index (χ2n) is 8.21. The molecule has 2 aliphatic heterocycles. The normalized spacial score (nSPS) is 17.7. The number of amides is 1. The fourth-order valence-electron chi connectivity index (χ4n) is 4.13. The highest BCUT2D eigenvalue weighted by Gasteiger charge is 2.26. The van der Waals surface area contributed by atoms with E-state index in [9.17, 15) is 18.0 Å². The first-order valence-electron chi connectivity index (χ1n) is 11.4. The lowest BCUT2D eigenvalue weighted by Gasteiger charge is -2.35. The molecule has 4 rings (SSSR count). The first-order valence-corrected chi connectivity index (χ1v) is 12.8. The molecular weight excluding hydrogens is 460 g/mol. The summed E-state index contributed by atoms with van der Waals surface area (Å²) in [5.74, 6) is 0.0389. The van der Waals surface area contributed by atoms with Crippen LogP contribution in [0.5, 0.6) is 11.5 Å². The zero-order valence-electron chi connectivity index (χ0n) is 19.0. The van der Waals surface area contributed by atoms with E-state index in [4.69, 9.17) is 14.2 Å². The summed E-state index contributed by atoms with van der Waals surface area (Å²) in [6.07, 6.45) is 3.91. The van der Waals surface area contributed by atoms with Gasteiger partial charge in [0, 0.05) is 24.3 Å². The van der Waals surface area contributed by atoms with E-state index >= 15 is 0 Å². The van der Waals surface area contributed by atoms with Crippen molar-refractivity contribution in [3.63, 3.8) is 0 Å². The van der Waals surface area contributed by atoms with Crippen molar-refractivity contribution < 1.29 is 32.2 Å². The van der Waals surface area contributed by atoms with Crippen molar-refractivity contribution in [1.82, 2.24) is 4.90 Å². The summed E-state index contributed by atoms with van der Waals surface area (Å²) in [4.78, 5) is 26.7. The minimum atomic E-state index is -3.87. The number of fused-ring (bicyclic) bond motifs is 1. The summed E-state index contributed by atoms with van der Waals surface area (Å²) in [5, 5.41) is 0. The molecule has 10 heteroatoms. The number of carbonyl (C=O) groups excluding carboxylic acids is 2. The molecule has 34 heavy (non-hydrogen) atoms. The number of rotatable bonds is 7. The molecule has 1 N–H and O–H groups in total. The van der Waals surface area contributed by atoms with Crippen molar-refractivity contribution >= 4 is 27.6 Å². The second-order valence-corrected chi connectivity index (χ2v) is 9.89. The van der Waals surface area contributed by atoms with E-state index in [1.54, 1.807) is 11.0 Å². The van der Waals surface area contributed by atoms with Crippen molar-refractivity contribution in [2.75, 3.05) is 31.1 Å². The summed E-state index contributed by atoms with van der Waals surface area (Å²) < 4.78 is 44.0. The number of sulfonamides is 1. The molecule has 1 saturated heterocycles. The number of hydrogen-bond donors (Lipinski definition) is 1. The lowest BCUT2D eigenvalue weighted by Crippen LogP contribution is -2.45. The van der Waals surface area contributed by atoms with Gasteiger partial charge in [-0.15, -0.1) is 0 Å². The van der Waals surface area contributed by atoms with Crippen LogP contribution in [0, 0.1) is 0 Å². The van der Waals surface area contributed by atoms with Gasteiger partial charge in [0.05, 0.1) is 10.5 Å². The van der Waals surface area contributed by atoms with Gasteiger partial charge in [0.1, 0.15) is 13.2 Å². The van der Waals surface area contributed by atoms with Gasteiger partial charge in [-0.3, -0.25) is 9.52 Å². The van der Waals surface area contributed by atoms with Gasteiger partial charge in [-0.2, -0.15) is 0 Å². The number of piperidine rings is 1. The van der Waals surface area contributed by atoms with E-state index < -0.39 is 16.0 Å². The van der Waals surface area contributed by atoms with Crippen LogP contribution in [0.15, 0.2) is 47.4 Å². The number of anilines is 1. The fourth-order valence-corrected chi connectivity index (χ4v) is 5.20. The monoisotopic (exact) mass is 488 g/mol. The summed E-state index contributed by atoms with van der Waals surface area (Å²) >= 11 is 0. The fraction of sp³-hybridized carbons (Fsp3) is 0.417. The largest absolute Gasteiger partial charge is 0.486 e. The SMILES string of the molecule is CCC1CCCCN1C(=O)COC(=O)c1ccc(NS(=O)(=O)c2ccc3c(c2)OCCO3)cc1. The Labute approximate surface area is 199 Å². The minimum absolute atomic E-state index is 0.0295. The van der Waals surface area contributed by atoms with Gasteiger partial charge in [0.2, 0.25) is 0 Å². The molecule has 1 fully saturated rings. The number of benzene rings is 2. The Bertz CT molecular complexity index is 1150. The maximum atomic E-state index is 12.7. The van der Waals surface area contributed by atoms with E-state index in [0.717, 1.165) is 25.7 Å². The van der Waals surface area contributed by atoms with E-state index in [0.29, 0.717) is 31.3 Å². The minimum Gasteiger partial charge on any atom is -0.486 e. The van der Waals surface area contributed by atoms with Gasteiger partial charge in [0.25, 0.3) is 15.9 Å². The summed E-state index contributed by atoms with van der Waals surface area (Å²) in [5.41, 5.74) is 0.502. The molecule has 0 radical (unpaired) electrons. The Morgan fingerprint density at radius 3 is 2.53 bits per heavy atom. The number of nitrogens with zero attached hydrogens (tertiary/aromatic N) is 1. The summed E-state index contributed by atoms with van der Waals surface area (Å²) in [7, 11) is -3.87. The third-order valence-corrected chi connectivity index (χ3v) is 7.32. The molecular formula is C24H28N2O7S. The average molecular weight is 489 g/mol. The van der Waals surface area contributed by atoms with Gasteiger partial charge >= 0.3 is 5.97 Å². The van der Waals surface area contributed by atoms with E-state index in [1.165, 1.54) is 36.4 Å². The Morgan fingerprint density at radius 1 is 1.06 bits per heavy atom. The average Bonchev–Trinajstić information content (AvgIpc) is 2.87. The number of likely N-dealkylation sites (tertiary alicyclic amines) is 1. The molecule has 2 heterocycles. The third kappa shape index (κ3) is 5.44. The zero-order valence-corrected chi connectivity index (χ0v) is 19.8. The molecule has 9 nitrogen and oxygen atoms in total. The van der Waals surface area contributed by atoms with Crippen LogP contribution < -0.4 is 14.2 Å². The Balaban J connectivity index is 1.35. The van der Waals surface area contributed by atoms with E-state index in [2.05, 4.69) is 4.72 Å². The van der Waals surface area contributed by atoms with Gasteiger partial charge in [-0.05, 0) is 62.1 Å². The lowest BCUT2D eigenvalue weighted by atomic mass is 10.00. The quantitative estimate of drug-likeness (QED) is 0.596. The number of nitrogens with one attached hydrogen (secondary N) is 1. The molecule has 2 aliphatic rings. The van der Waals surface area contributed by atoms with Crippen LogP contribution in [-0.2, 0) is 19.6 Å². The topological polar surface area (TPSA) is 111 Å². The highest BCUT2D eigenvalue weighted by Crippen LogP contribution is 2.32. The molecule has 182 valence electrons. The number of hydrogen-bond acceptors (Lipinski definition) is 7. The lowest BCUT2D eigenvalue weighted by molar-refractivity contribution is -0.138. The Morgan fingerprint density at radius 2 is 1.79 bits per heavy atom. The first-order chi connectivity index (χ1) is 16.4. The van der Waals surface area contributed by atoms with Gasteiger partial charge in [-0.25, -0.2) is 13.2 Å². The zero-order chi connectivity index (χ0) is 24.1. The smallest absolute Gasteiger partial charge is 0.338 e. The number of ether oxygens (including phenoxy) is 3. The van der Waals surface area contributed by atoms with Gasteiger partial charge in [-0.1, -0.05) is 6.92 Å². The van der Waals surface area contributed by atoms with Crippen molar-refractivity contribution in [3.8, 4) is 11.5 Å². The standard InChI is InChI=1S/C24H28N2O7S/c1-2-19-5-3-4-12-26(19)23(27)16-33-24(28)17-6-8-18(9-7-17)25-34(29,30)20-10-11-21-22(15-20)32-14-13-31-21/h6-11,15,19,25H,2-5,12-14,16H2,1H3. The molecule has 0 bridgehead atoms. The van der Waals surface area contributed by atoms with Gasteiger partial charge in [0.15, 0.2) is 18.1 Å². The van der Waals surface area contributed by atoms with Crippen molar-refractivity contribution in [1.29, 1.82) is 0 Å².